The molecule has 2 N–H and O–H groups in total. The van der Waals surface area contributed by atoms with E-state index in [9.17, 15) is 9.59 Å². The number of nitrogens with one attached hydrogen (secondary N) is 2. The molecule has 114 valence electrons. The number of carbonyl (C=O) groups excluding carboxylic acids is 2. The van der Waals surface area contributed by atoms with Crippen molar-refractivity contribution in [2.75, 3.05) is 13.1 Å². The molecule has 0 spiro atoms. The van der Waals surface area contributed by atoms with Gasteiger partial charge in [-0.15, -0.1) is 0 Å². The molecule has 21 heavy (non-hydrogen) atoms. The Labute approximate surface area is 124 Å². The summed E-state index contributed by atoms with van der Waals surface area (Å²) >= 11 is 0. The zero-order chi connectivity index (χ0) is 14.7. The maximum absolute atomic E-state index is 12.1. The van der Waals surface area contributed by atoms with Gasteiger partial charge in [-0.2, -0.15) is 5.10 Å². The molecule has 1 saturated heterocycles. The van der Waals surface area contributed by atoms with Crippen molar-refractivity contribution < 1.29 is 9.59 Å². The maximum Gasteiger partial charge on any atom is 0.269 e. The average Bonchev–Trinajstić information content (AvgIpc) is 3.11. The molecule has 0 radical (unpaired) electrons. The van der Waals surface area contributed by atoms with E-state index in [1.165, 1.54) is 32.1 Å². The maximum atomic E-state index is 12.1. The number of hydrogen-bond acceptors (Lipinski definition) is 3. The first-order valence-electron chi connectivity index (χ1n) is 7.80. The first kappa shape index (κ1) is 14.1. The molecule has 6 nitrogen and oxygen atoms in total. The van der Waals surface area contributed by atoms with Crippen molar-refractivity contribution >= 4 is 11.8 Å². The molecule has 2 heterocycles. The molecule has 0 bridgehead atoms. The molecular weight excluding hydrogens is 268 g/mol. The van der Waals surface area contributed by atoms with Gasteiger partial charge in [-0.1, -0.05) is 19.3 Å². The number of hydrogen-bond donors (Lipinski definition) is 2. The molecule has 1 aromatic heterocycles. The third-order valence-electron chi connectivity index (χ3n) is 4.50. The number of amides is 2. The van der Waals surface area contributed by atoms with Crippen LogP contribution < -0.4 is 5.32 Å². The third kappa shape index (κ3) is 3.43. The van der Waals surface area contributed by atoms with Crippen LogP contribution in [0.2, 0.25) is 0 Å². The van der Waals surface area contributed by atoms with Crippen LogP contribution in [-0.2, 0) is 4.79 Å². The Kier molecular flexibility index (Phi) is 4.22. The molecule has 2 aliphatic rings. The van der Waals surface area contributed by atoms with Crippen LogP contribution in [0.4, 0.5) is 0 Å². The van der Waals surface area contributed by atoms with Gasteiger partial charge in [-0.3, -0.25) is 14.7 Å². The Bertz CT molecular complexity index is 494. The van der Waals surface area contributed by atoms with Gasteiger partial charge in [0, 0.05) is 25.7 Å². The highest BCUT2D eigenvalue weighted by Crippen LogP contribution is 2.26. The fourth-order valence-corrected chi connectivity index (χ4v) is 3.37. The normalized spacial score (nSPS) is 23.5. The summed E-state index contributed by atoms with van der Waals surface area (Å²) in [6.07, 6.45) is 8.31. The van der Waals surface area contributed by atoms with E-state index in [0.29, 0.717) is 24.6 Å². The van der Waals surface area contributed by atoms with Crippen LogP contribution in [-0.4, -0.2) is 46.0 Å². The van der Waals surface area contributed by atoms with Crippen LogP contribution in [0, 0.1) is 5.92 Å². The summed E-state index contributed by atoms with van der Waals surface area (Å²) in [5.74, 6) is 0.616. The minimum absolute atomic E-state index is 0.0862. The lowest BCUT2D eigenvalue weighted by atomic mass is 9.89. The quantitative estimate of drug-likeness (QED) is 0.878. The second-order valence-electron chi connectivity index (χ2n) is 6.15. The molecule has 1 atom stereocenters. The molecule has 1 aromatic rings. The summed E-state index contributed by atoms with van der Waals surface area (Å²) in [4.78, 5) is 26.0. The van der Waals surface area contributed by atoms with Crippen LogP contribution in [0.1, 0.15) is 49.0 Å². The lowest BCUT2D eigenvalue weighted by Gasteiger charge is -2.27. The van der Waals surface area contributed by atoms with Gasteiger partial charge in [0.05, 0.1) is 6.04 Å². The van der Waals surface area contributed by atoms with Crippen molar-refractivity contribution in [1.82, 2.24) is 20.4 Å². The van der Waals surface area contributed by atoms with Gasteiger partial charge in [-0.05, 0) is 24.8 Å². The van der Waals surface area contributed by atoms with E-state index in [1.807, 2.05) is 4.90 Å². The Hall–Kier alpha value is -1.85. The molecular formula is C15H22N4O2. The van der Waals surface area contributed by atoms with Crippen LogP contribution >= 0.6 is 0 Å². The number of carbonyl (C=O) groups is 2. The number of H-pyrrole nitrogens is 1. The van der Waals surface area contributed by atoms with Gasteiger partial charge < -0.3 is 10.2 Å². The van der Waals surface area contributed by atoms with Crippen molar-refractivity contribution in [3.05, 3.63) is 18.0 Å². The Morgan fingerprint density at radius 1 is 1.38 bits per heavy atom. The SMILES string of the molecule is O=C(N[C@@H]1CC(=O)N(CC2CCCCC2)C1)c1ccn[nH]1. The molecule has 2 amide bonds. The van der Waals surface area contributed by atoms with Crippen LogP contribution in [0.15, 0.2) is 12.3 Å². The van der Waals surface area contributed by atoms with E-state index in [2.05, 4.69) is 15.5 Å². The second-order valence-corrected chi connectivity index (χ2v) is 6.15. The van der Waals surface area contributed by atoms with E-state index in [0.717, 1.165) is 6.54 Å². The van der Waals surface area contributed by atoms with Gasteiger partial charge in [-0.25, -0.2) is 0 Å². The minimum atomic E-state index is -0.190. The lowest BCUT2D eigenvalue weighted by Crippen LogP contribution is -2.38. The fraction of sp³-hybridized carbons (Fsp3) is 0.667. The van der Waals surface area contributed by atoms with Gasteiger partial charge in [0.25, 0.3) is 5.91 Å². The van der Waals surface area contributed by atoms with Crippen molar-refractivity contribution in [2.45, 2.75) is 44.6 Å². The van der Waals surface area contributed by atoms with Gasteiger partial charge in [0.15, 0.2) is 0 Å². The lowest BCUT2D eigenvalue weighted by molar-refractivity contribution is -0.128. The van der Waals surface area contributed by atoms with Gasteiger partial charge in [0.2, 0.25) is 5.91 Å². The van der Waals surface area contributed by atoms with E-state index in [1.54, 1.807) is 12.3 Å². The molecule has 2 fully saturated rings. The zero-order valence-corrected chi connectivity index (χ0v) is 12.2. The van der Waals surface area contributed by atoms with Gasteiger partial charge in [0.1, 0.15) is 5.69 Å². The predicted octanol–water partition coefficient (Wildman–Crippen LogP) is 1.32. The summed E-state index contributed by atoms with van der Waals surface area (Å²) in [5, 5.41) is 9.31. The number of aromatic amines is 1. The fourth-order valence-electron chi connectivity index (χ4n) is 3.37. The Balaban J connectivity index is 1.51. The average molecular weight is 290 g/mol. The molecule has 1 aliphatic carbocycles. The highest BCUT2D eigenvalue weighted by Gasteiger charge is 2.32. The zero-order valence-electron chi connectivity index (χ0n) is 12.2. The summed E-state index contributed by atoms with van der Waals surface area (Å²) < 4.78 is 0. The molecule has 0 aromatic carbocycles. The summed E-state index contributed by atoms with van der Waals surface area (Å²) in [6, 6.07) is 1.54. The van der Waals surface area contributed by atoms with Crippen LogP contribution in [0.25, 0.3) is 0 Å². The predicted molar refractivity (Wildman–Crippen MR) is 77.6 cm³/mol. The Morgan fingerprint density at radius 2 is 2.19 bits per heavy atom. The molecule has 0 unspecified atom stereocenters. The van der Waals surface area contributed by atoms with Crippen molar-refractivity contribution in [3.63, 3.8) is 0 Å². The van der Waals surface area contributed by atoms with Gasteiger partial charge >= 0.3 is 0 Å². The number of rotatable bonds is 4. The van der Waals surface area contributed by atoms with Crippen LogP contribution in [0.3, 0.4) is 0 Å². The van der Waals surface area contributed by atoms with Crippen molar-refractivity contribution in [1.29, 1.82) is 0 Å². The topological polar surface area (TPSA) is 78.1 Å². The molecule has 1 aliphatic heterocycles. The first-order chi connectivity index (χ1) is 10.2. The monoisotopic (exact) mass is 290 g/mol. The second kappa shape index (κ2) is 6.28. The molecule has 3 rings (SSSR count). The summed E-state index contributed by atoms with van der Waals surface area (Å²) in [5.41, 5.74) is 0.438. The van der Waals surface area contributed by atoms with E-state index in [4.69, 9.17) is 0 Å². The van der Waals surface area contributed by atoms with Crippen molar-refractivity contribution in [2.24, 2.45) is 5.92 Å². The highest BCUT2D eigenvalue weighted by atomic mass is 16.2. The van der Waals surface area contributed by atoms with E-state index in [-0.39, 0.29) is 17.9 Å². The van der Waals surface area contributed by atoms with E-state index < -0.39 is 0 Å². The summed E-state index contributed by atoms with van der Waals surface area (Å²) in [6.45, 7) is 1.49. The Morgan fingerprint density at radius 3 is 2.90 bits per heavy atom. The minimum Gasteiger partial charge on any atom is -0.346 e. The largest absolute Gasteiger partial charge is 0.346 e. The summed E-state index contributed by atoms with van der Waals surface area (Å²) in [7, 11) is 0. The molecule has 6 heteroatoms. The number of aromatic nitrogens is 2. The van der Waals surface area contributed by atoms with Crippen LogP contribution in [0.5, 0.6) is 0 Å². The highest BCUT2D eigenvalue weighted by molar-refractivity contribution is 5.93. The third-order valence-corrected chi connectivity index (χ3v) is 4.50. The van der Waals surface area contributed by atoms with Crippen molar-refractivity contribution in [3.8, 4) is 0 Å². The number of nitrogens with zero attached hydrogens (tertiary/aromatic N) is 2. The smallest absolute Gasteiger partial charge is 0.269 e. The van der Waals surface area contributed by atoms with E-state index >= 15 is 0 Å². The standard InChI is InChI=1S/C15H22N4O2/c20-14-8-12(17-15(21)13-6-7-16-18-13)10-19(14)9-11-4-2-1-3-5-11/h6-7,11-12H,1-5,8-10H2,(H,16,18)(H,17,21)/t12-/m1/s1. The first-order valence-corrected chi connectivity index (χ1v) is 7.80. The number of likely N-dealkylation sites (tertiary alicyclic amines) is 1. The molecule has 1 saturated carbocycles.